The standard InChI is InChI=1S/C13H14N4O4/c14-9(12(19)20)6-21-8-3-1-7(2-4-8)10-5-11(18)17-13(15)16-10/h1-5,9H,6,14H2,(H,19,20)(H3,15,16,17,18)/t9-/m0/s1. The van der Waals surface area contributed by atoms with Crippen molar-refractivity contribution in [1.29, 1.82) is 0 Å². The number of nitrogens with one attached hydrogen (secondary N) is 1. The maximum absolute atomic E-state index is 11.3. The first-order valence-corrected chi connectivity index (χ1v) is 6.04. The fraction of sp³-hybridized carbons (Fsp3) is 0.154. The Morgan fingerprint density at radius 1 is 1.38 bits per heavy atom. The number of carbonyl (C=O) groups is 1. The lowest BCUT2D eigenvalue weighted by Crippen LogP contribution is -2.36. The smallest absolute Gasteiger partial charge is 0.324 e. The summed E-state index contributed by atoms with van der Waals surface area (Å²) < 4.78 is 5.25. The van der Waals surface area contributed by atoms with Crippen molar-refractivity contribution in [3.63, 3.8) is 0 Å². The molecule has 2 aromatic rings. The minimum atomic E-state index is -1.13. The number of ether oxygens (including phenoxy) is 1. The van der Waals surface area contributed by atoms with Crippen LogP contribution in [0.15, 0.2) is 35.1 Å². The predicted octanol–water partition coefficient (Wildman–Crippen LogP) is -0.190. The molecule has 0 aliphatic heterocycles. The van der Waals surface area contributed by atoms with E-state index in [4.69, 9.17) is 21.3 Å². The van der Waals surface area contributed by atoms with Crippen LogP contribution in [0.25, 0.3) is 11.3 Å². The molecule has 8 heteroatoms. The summed E-state index contributed by atoms with van der Waals surface area (Å²) in [5.74, 6) is -0.631. The average Bonchev–Trinajstić information content (AvgIpc) is 2.44. The van der Waals surface area contributed by atoms with Crippen molar-refractivity contribution in [2.24, 2.45) is 5.73 Å². The second-order valence-corrected chi connectivity index (χ2v) is 4.30. The van der Waals surface area contributed by atoms with Crippen molar-refractivity contribution >= 4 is 11.9 Å². The van der Waals surface area contributed by atoms with Crippen LogP contribution in [0.3, 0.4) is 0 Å². The van der Waals surface area contributed by atoms with Crippen LogP contribution in [-0.2, 0) is 4.79 Å². The first-order valence-electron chi connectivity index (χ1n) is 6.04. The van der Waals surface area contributed by atoms with Crippen LogP contribution in [0.1, 0.15) is 0 Å². The number of hydrogen-bond donors (Lipinski definition) is 4. The van der Waals surface area contributed by atoms with Crippen molar-refractivity contribution < 1.29 is 14.6 Å². The minimum Gasteiger partial charge on any atom is -0.491 e. The number of carboxylic acids is 1. The molecule has 21 heavy (non-hydrogen) atoms. The van der Waals surface area contributed by atoms with E-state index in [1.165, 1.54) is 6.07 Å². The number of nitrogens with zero attached hydrogens (tertiary/aromatic N) is 1. The number of anilines is 1. The zero-order valence-electron chi connectivity index (χ0n) is 10.9. The van der Waals surface area contributed by atoms with Gasteiger partial charge in [0.2, 0.25) is 5.95 Å². The van der Waals surface area contributed by atoms with E-state index in [1.54, 1.807) is 24.3 Å². The number of aliphatic carboxylic acids is 1. The molecule has 0 fully saturated rings. The van der Waals surface area contributed by atoms with E-state index in [0.717, 1.165) is 0 Å². The molecule has 0 saturated heterocycles. The van der Waals surface area contributed by atoms with Gasteiger partial charge in [0.1, 0.15) is 18.4 Å². The molecule has 0 aliphatic rings. The zero-order valence-corrected chi connectivity index (χ0v) is 10.9. The van der Waals surface area contributed by atoms with Crippen molar-refractivity contribution in [3.05, 3.63) is 40.7 Å². The van der Waals surface area contributed by atoms with Gasteiger partial charge in [-0.05, 0) is 24.3 Å². The highest BCUT2D eigenvalue weighted by Gasteiger charge is 2.12. The first kappa shape index (κ1) is 14.5. The number of rotatable bonds is 5. The molecular formula is C13H14N4O4. The summed E-state index contributed by atoms with van der Waals surface area (Å²) in [5, 5.41) is 8.65. The van der Waals surface area contributed by atoms with Crippen LogP contribution in [0.5, 0.6) is 5.75 Å². The molecular weight excluding hydrogens is 276 g/mol. The zero-order chi connectivity index (χ0) is 15.4. The molecule has 1 aromatic heterocycles. The Kier molecular flexibility index (Phi) is 4.19. The van der Waals surface area contributed by atoms with Crippen molar-refractivity contribution in [2.45, 2.75) is 6.04 Å². The molecule has 0 spiro atoms. The number of hydrogen-bond acceptors (Lipinski definition) is 6. The van der Waals surface area contributed by atoms with E-state index >= 15 is 0 Å². The second-order valence-electron chi connectivity index (χ2n) is 4.30. The van der Waals surface area contributed by atoms with Crippen molar-refractivity contribution in [2.75, 3.05) is 12.3 Å². The summed E-state index contributed by atoms with van der Waals surface area (Å²) in [6.45, 7) is -0.134. The second kappa shape index (κ2) is 6.06. The molecule has 0 aliphatic carbocycles. The van der Waals surface area contributed by atoms with Gasteiger partial charge in [0.15, 0.2) is 0 Å². The fourth-order valence-electron chi connectivity index (χ4n) is 1.60. The summed E-state index contributed by atoms with van der Waals surface area (Å²) >= 11 is 0. The summed E-state index contributed by atoms with van der Waals surface area (Å²) in [7, 11) is 0. The Morgan fingerprint density at radius 3 is 2.62 bits per heavy atom. The summed E-state index contributed by atoms with van der Waals surface area (Å²) in [5.41, 5.74) is 11.6. The van der Waals surface area contributed by atoms with Crippen molar-refractivity contribution in [3.8, 4) is 17.0 Å². The molecule has 0 saturated carbocycles. The normalized spacial score (nSPS) is 11.9. The maximum atomic E-state index is 11.3. The van der Waals surface area contributed by atoms with E-state index in [-0.39, 0.29) is 18.1 Å². The molecule has 0 radical (unpaired) electrons. The highest BCUT2D eigenvalue weighted by atomic mass is 16.5. The lowest BCUT2D eigenvalue weighted by atomic mass is 10.1. The van der Waals surface area contributed by atoms with Crippen LogP contribution in [-0.4, -0.2) is 33.7 Å². The highest BCUT2D eigenvalue weighted by Crippen LogP contribution is 2.20. The van der Waals surface area contributed by atoms with E-state index in [9.17, 15) is 9.59 Å². The third-order valence-electron chi connectivity index (χ3n) is 2.66. The molecule has 1 aromatic carbocycles. The molecule has 110 valence electrons. The van der Waals surface area contributed by atoms with Gasteiger partial charge in [-0.1, -0.05) is 0 Å². The van der Waals surface area contributed by atoms with Crippen LogP contribution >= 0.6 is 0 Å². The summed E-state index contributed by atoms with van der Waals surface area (Å²) in [6.07, 6.45) is 0. The summed E-state index contributed by atoms with van der Waals surface area (Å²) in [4.78, 5) is 28.3. The predicted molar refractivity (Wildman–Crippen MR) is 75.8 cm³/mol. The number of aromatic nitrogens is 2. The molecule has 0 bridgehead atoms. The maximum Gasteiger partial charge on any atom is 0.324 e. The monoisotopic (exact) mass is 290 g/mol. The third-order valence-corrected chi connectivity index (χ3v) is 2.66. The summed E-state index contributed by atoms with van der Waals surface area (Å²) in [6, 6.07) is 6.86. The lowest BCUT2D eigenvalue weighted by molar-refractivity contribution is -0.139. The van der Waals surface area contributed by atoms with Crippen LogP contribution in [0.2, 0.25) is 0 Å². The van der Waals surface area contributed by atoms with Crippen LogP contribution in [0.4, 0.5) is 5.95 Å². The Balaban J connectivity index is 2.11. The van der Waals surface area contributed by atoms with Crippen LogP contribution in [0, 0.1) is 0 Å². The molecule has 1 atom stereocenters. The lowest BCUT2D eigenvalue weighted by Gasteiger charge is -2.09. The molecule has 6 N–H and O–H groups in total. The number of aromatic amines is 1. The van der Waals surface area contributed by atoms with Gasteiger partial charge in [0.05, 0.1) is 5.69 Å². The molecule has 0 amide bonds. The highest BCUT2D eigenvalue weighted by molar-refractivity contribution is 5.73. The number of H-pyrrole nitrogens is 1. The SMILES string of the molecule is Nc1nc(-c2ccc(OC[C@H](N)C(=O)O)cc2)cc(=O)[nH]1. The van der Waals surface area contributed by atoms with Gasteiger partial charge >= 0.3 is 5.97 Å². The Hall–Kier alpha value is -2.87. The van der Waals surface area contributed by atoms with Gasteiger partial charge in [0, 0.05) is 11.6 Å². The van der Waals surface area contributed by atoms with E-state index in [0.29, 0.717) is 17.0 Å². The van der Waals surface area contributed by atoms with Crippen molar-refractivity contribution in [1.82, 2.24) is 9.97 Å². The number of benzene rings is 1. The Labute approximate surface area is 119 Å². The third kappa shape index (κ3) is 3.80. The Morgan fingerprint density at radius 2 is 2.05 bits per heavy atom. The van der Waals surface area contributed by atoms with Gasteiger partial charge in [-0.3, -0.25) is 14.6 Å². The largest absolute Gasteiger partial charge is 0.491 e. The van der Waals surface area contributed by atoms with Gasteiger partial charge in [-0.2, -0.15) is 0 Å². The molecule has 0 unspecified atom stereocenters. The molecule has 2 rings (SSSR count). The Bertz CT molecular complexity index is 696. The van der Waals surface area contributed by atoms with E-state index < -0.39 is 12.0 Å². The molecule has 1 heterocycles. The first-order chi connectivity index (χ1) is 9.95. The fourth-order valence-corrected chi connectivity index (χ4v) is 1.60. The van der Waals surface area contributed by atoms with E-state index in [2.05, 4.69) is 9.97 Å². The quantitative estimate of drug-likeness (QED) is 0.597. The average molecular weight is 290 g/mol. The van der Waals surface area contributed by atoms with Gasteiger partial charge in [0.25, 0.3) is 5.56 Å². The van der Waals surface area contributed by atoms with E-state index in [1.807, 2.05) is 0 Å². The topological polar surface area (TPSA) is 144 Å². The number of nitrogens with two attached hydrogens (primary N) is 2. The van der Waals surface area contributed by atoms with Gasteiger partial charge in [-0.25, -0.2) is 4.98 Å². The molecule has 8 nitrogen and oxygen atoms in total. The number of nitrogen functional groups attached to an aromatic ring is 1. The van der Waals surface area contributed by atoms with Gasteiger partial charge < -0.3 is 21.3 Å². The van der Waals surface area contributed by atoms with Gasteiger partial charge in [-0.15, -0.1) is 0 Å². The number of carboxylic acid groups (broad SMARTS) is 1. The van der Waals surface area contributed by atoms with Crippen LogP contribution < -0.4 is 21.8 Å². The minimum absolute atomic E-state index is 0.0326.